The van der Waals surface area contributed by atoms with Crippen molar-refractivity contribution in [2.24, 2.45) is 5.10 Å². The minimum Gasteiger partial charge on any atom is -0.483 e. The first-order valence-electron chi connectivity index (χ1n) is 7.51. The molecule has 2 aromatic rings. The summed E-state index contributed by atoms with van der Waals surface area (Å²) in [7, 11) is 0. The molecule has 5 nitrogen and oxygen atoms in total. The van der Waals surface area contributed by atoms with Crippen LogP contribution in [0.25, 0.3) is 0 Å². The second kappa shape index (κ2) is 8.06. The summed E-state index contributed by atoms with van der Waals surface area (Å²) in [4.78, 5) is 15.7. The number of rotatable bonds is 5. The third kappa shape index (κ3) is 5.45. The molecule has 0 saturated carbocycles. The van der Waals surface area contributed by atoms with Gasteiger partial charge in [-0.3, -0.25) is 9.78 Å². The monoisotopic (exact) mass is 389 g/mol. The van der Waals surface area contributed by atoms with Gasteiger partial charge in [-0.1, -0.05) is 26.8 Å². The van der Waals surface area contributed by atoms with E-state index in [1.165, 1.54) is 5.56 Å². The van der Waals surface area contributed by atoms with Crippen molar-refractivity contribution in [3.05, 3.63) is 58.3 Å². The van der Waals surface area contributed by atoms with Crippen molar-refractivity contribution >= 4 is 28.1 Å². The molecule has 126 valence electrons. The van der Waals surface area contributed by atoms with Crippen molar-refractivity contribution in [2.45, 2.75) is 26.2 Å². The van der Waals surface area contributed by atoms with Crippen molar-refractivity contribution in [1.82, 2.24) is 10.4 Å². The Morgan fingerprint density at radius 3 is 2.62 bits per heavy atom. The predicted octanol–water partition coefficient (Wildman–Crippen LogP) is 3.67. The highest BCUT2D eigenvalue weighted by atomic mass is 79.9. The highest BCUT2D eigenvalue weighted by Crippen LogP contribution is 2.31. The van der Waals surface area contributed by atoms with Crippen molar-refractivity contribution in [1.29, 1.82) is 0 Å². The first-order valence-corrected chi connectivity index (χ1v) is 8.30. The minimum atomic E-state index is -0.327. The largest absolute Gasteiger partial charge is 0.483 e. The SMILES string of the molecule is CC(C)(C)c1ccc(OCC(=O)N/N=C/c2ccncc2)c(Br)c1. The Morgan fingerprint density at radius 2 is 2.00 bits per heavy atom. The molecule has 0 aliphatic heterocycles. The number of aromatic nitrogens is 1. The molecule has 0 aliphatic carbocycles. The number of nitrogens with zero attached hydrogens (tertiary/aromatic N) is 2. The second-order valence-electron chi connectivity index (χ2n) is 6.26. The van der Waals surface area contributed by atoms with Gasteiger partial charge in [-0.25, -0.2) is 5.43 Å². The molecule has 24 heavy (non-hydrogen) atoms. The molecule has 0 radical (unpaired) electrons. The van der Waals surface area contributed by atoms with Gasteiger partial charge in [0.25, 0.3) is 5.91 Å². The van der Waals surface area contributed by atoms with Crippen molar-refractivity contribution in [3.63, 3.8) is 0 Å². The number of ether oxygens (including phenoxy) is 1. The summed E-state index contributed by atoms with van der Waals surface area (Å²) in [5.41, 5.74) is 4.52. The van der Waals surface area contributed by atoms with Crippen LogP contribution in [0.2, 0.25) is 0 Å². The number of carbonyl (C=O) groups excluding carboxylic acids is 1. The van der Waals surface area contributed by atoms with Gasteiger partial charge in [-0.05, 0) is 56.7 Å². The molecular weight excluding hydrogens is 370 g/mol. The molecule has 1 aromatic heterocycles. The number of benzene rings is 1. The van der Waals surface area contributed by atoms with Crippen LogP contribution in [0.5, 0.6) is 5.75 Å². The summed E-state index contributed by atoms with van der Waals surface area (Å²) in [6.07, 6.45) is 4.86. The summed E-state index contributed by atoms with van der Waals surface area (Å²) < 4.78 is 6.35. The number of carbonyl (C=O) groups is 1. The summed E-state index contributed by atoms with van der Waals surface area (Å²) in [6.45, 7) is 6.32. The maximum Gasteiger partial charge on any atom is 0.277 e. The standard InChI is InChI=1S/C18H20BrN3O2/c1-18(2,3)14-4-5-16(15(19)10-14)24-12-17(23)22-21-11-13-6-8-20-9-7-13/h4-11H,12H2,1-3H3,(H,22,23)/b21-11+. The van der Waals surface area contributed by atoms with Crippen LogP contribution in [0.1, 0.15) is 31.9 Å². The van der Waals surface area contributed by atoms with E-state index in [-0.39, 0.29) is 17.9 Å². The Hall–Kier alpha value is -2.21. The first kappa shape index (κ1) is 18.1. The summed E-state index contributed by atoms with van der Waals surface area (Å²) in [6, 6.07) is 9.45. The van der Waals surface area contributed by atoms with Crippen molar-refractivity contribution < 1.29 is 9.53 Å². The fourth-order valence-corrected chi connectivity index (χ4v) is 2.38. The first-order chi connectivity index (χ1) is 11.4. The lowest BCUT2D eigenvalue weighted by Crippen LogP contribution is -2.24. The normalized spacial score (nSPS) is 11.5. The highest BCUT2D eigenvalue weighted by molar-refractivity contribution is 9.10. The van der Waals surface area contributed by atoms with Crippen LogP contribution in [0.15, 0.2) is 52.3 Å². The molecule has 0 unspecified atom stereocenters. The summed E-state index contributed by atoms with van der Waals surface area (Å²) in [5, 5.41) is 3.88. The maximum atomic E-state index is 11.8. The number of hydrogen-bond donors (Lipinski definition) is 1. The second-order valence-corrected chi connectivity index (χ2v) is 7.11. The fourth-order valence-electron chi connectivity index (χ4n) is 1.89. The average Bonchev–Trinajstić information content (AvgIpc) is 2.54. The lowest BCUT2D eigenvalue weighted by atomic mass is 9.87. The summed E-state index contributed by atoms with van der Waals surface area (Å²) >= 11 is 3.48. The Labute approximate surface area is 150 Å². The van der Waals surface area contributed by atoms with Crippen LogP contribution in [0.3, 0.4) is 0 Å². The maximum absolute atomic E-state index is 11.8. The molecule has 0 saturated heterocycles. The van der Waals surface area contributed by atoms with Gasteiger partial charge in [0.05, 0.1) is 10.7 Å². The molecule has 0 atom stereocenters. The Balaban J connectivity index is 1.87. The minimum absolute atomic E-state index is 0.0557. The van der Waals surface area contributed by atoms with E-state index >= 15 is 0 Å². The van der Waals surface area contributed by atoms with Gasteiger partial charge in [-0.15, -0.1) is 0 Å². The molecule has 1 amide bonds. The molecule has 0 aliphatic rings. The van der Waals surface area contributed by atoms with Gasteiger partial charge >= 0.3 is 0 Å². The molecule has 0 fully saturated rings. The number of hydrogen-bond acceptors (Lipinski definition) is 4. The van der Waals surface area contributed by atoms with E-state index in [4.69, 9.17) is 4.74 Å². The van der Waals surface area contributed by atoms with Gasteiger partial charge < -0.3 is 4.74 Å². The Bertz CT molecular complexity index is 725. The molecule has 1 aromatic carbocycles. The van der Waals surface area contributed by atoms with Crippen molar-refractivity contribution in [3.8, 4) is 5.75 Å². The van der Waals surface area contributed by atoms with E-state index in [0.717, 1.165) is 10.0 Å². The van der Waals surface area contributed by atoms with Crippen LogP contribution < -0.4 is 10.2 Å². The van der Waals surface area contributed by atoms with Gasteiger partial charge in [0.2, 0.25) is 0 Å². The topological polar surface area (TPSA) is 63.6 Å². The molecule has 1 heterocycles. The van der Waals surface area contributed by atoms with E-state index in [0.29, 0.717) is 5.75 Å². The average molecular weight is 390 g/mol. The lowest BCUT2D eigenvalue weighted by molar-refractivity contribution is -0.123. The van der Waals surface area contributed by atoms with Crippen LogP contribution in [0, 0.1) is 0 Å². The van der Waals surface area contributed by atoms with E-state index in [1.54, 1.807) is 30.7 Å². The number of amides is 1. The van der Waals surface area contributed by atoms with E-state index in [9.17, 15) is 4.79 Å². The van der Waals surface area contributed by atoms with Gasteiger partial charge in [0, 0.05) is 12.4 Å². The van der Waals surface area contributed by atoms with Crippen LogP contribution >= 0.6 is 15.9 Å². The zero-order valence-corrected chi connectivity index (χ0v) is 15.5. The van der Waals surface area contributed by atoms with Crippen LogP contribution in [-0.4, -0.2) is 23.7 Å². The lowest BCUT2D eigenvalue weighted by Gasteiger charge is -2.20. The molecular formula is C18H20BrN3O2. The number of halogens is 1. The van der Waals surface area contributed by atoms with E-state index in [1.807, 2.05) is 18.2 Å². The molecule has 6 heteroatoms. The number of nitrogens with one attached hydrogen (secondary N) is 1. The van der Waals surface area contributed by atoms with Gasteiger partial charge in [0.15, 0.2) is 6.61 Å². The third-order valence-electron chi connectivity index (χ3n) is 3.27. The fraction of sp³-hybridized carbons (Fsp3) is 0.278. The van der Waals surface area contributed by atoms with Crippen LogP contribution in [-0.2, 0) is 10.2 Å². The third-order valence-corrected chi connectivity index (χ3v) is 3.89. The quantitative estimate of drug-likeness (QED) is 0.626. The van der Waals surface area contributed by atoms with E-state index in [2.05, 4.69) is 52.2 Å². The highest BCUT2D eigenvalue weighted by Gasteiger charge is 2.15. The predicted molar refractivity (Wildman–Crippen MR) is 98.3 cm³/mol. The number of hydrazone groups is 1. The Morgan fingerprint density at radius 1 is 1.29 bits per heavy atom. The summed E-state index contributed by atoms with van der Waals surface area (Å²) in [5.74, 6) is 0.295. The van der Waals surface area contributed by atoms with Crippen molar-refractivity contribution in [2.75, 3.05) is 6.61 Å². The molecule has 0 spiro atoms. The zero-order valence-electron chi connectivity index (χ0n) is 13.9. The van der Waals surface area contributed by atoms with Gasteiger partial charge in [-0.2, -0.15) is 5.10 Å². The molecule has 2 rings (SSSR count). The molecule has 0 bridgehead atoms. The smallest absolute Gasteiger partial charge is 0.277 e. The molecule has 1 N–H and O–H groups in total. The Kier molecular flexibility index (Phi) is 6.09. The van der Waals surface area contributed by atoms with E-state index < -0.39 is 0 Å². The van der Waals surface area contributed by atoms with Crippen LogP contribution in [0.4, 0.5) is 0 Å². The zero-order chi connectivity index (χ0) is 17.6. The number of pyridine rings is 1. The van der Waals surface area contributed by atoms with Gasteiger partial charge in [0.1, 0.15) is 5.75 Å².